The lowest BCUT2D eigenvalue weighted by Gasteiger charge is -2.08. The van der Waals surface area contributed by atoms with Crippen LogP contribution in [0.15, 0.2) is 46.9 Å². The predicted molar refractivity (Wildman–Crippen MR) is 87.0 cm³/mol. The molecule has 0 bridgehead atoms. The van der Waals surface area contributed by atoms with Crippen LogP contribution in [0.4, 0.5) is 5.69 Å². The van der Waals surface area contributed by atoms with Gasteiger partial charge >= 0.3 is 0 Å². The van der Waals surface area contributed by atoms with Crippen LogP contribution in [-0.4, -0.2) is 19.2 Å². The molecule has 2 aromatic carbocycles. The molecule has 0 aromatic heterocycles. The molecule has 22 heavy (non-hydrogen) atoms. The van der Waals surface area contributed by atoms with Crippen LogP contribution in [0.5, 0.6) is 11.5 Å². The monoisotopic (exact) mass is 362 g/mol. The highest BCUT2D eigenvalue weighted by Gasteiger charge is 2.13. The molecule has 5 nitrogen and oxygen atoms in total. The molecule has 0 unspecified atom stereocenters. The van der Waals surface area contributed by atoms with Crippen molar-refractivity contribution < 1.29 is 14.3 Å². The zero-order valence-electron chi connectivity index (χ0n) is 11.8. The summed E-state index contributed by atoms with van der Waals surface area (Å²) in [4.78, 5) is 11.9. The zero-order valence-corrected chi connectivity index (χ0v) is 13.4. The predicted octanol–water partition coefficient (Wildman–Crippen LogP) is 2.91. The highest BCUT2D eigenvalue weighted by molar-refractivity contribution is 9.10. The highest BCUT2D eigenvalue weighted by Crippen LogP contribution is 2.32. The summed E-state index contributed by atoms with van der Waals surface area (Å²) in [5.41, 5.74) is 1.87. The number of nitrogens with one attached hydrogen (secondary N) is 2. The minimum Gasteiger partial charge on any atom is -0.454 e. The normalized spacial score (nSPS) is 12.0. The molecule has 1 heterocycles. The molecule has 3 rings (SSSR count). The molecular weight excluding hydrogens is 348 g/mol. The van der Waals surface area contributed by atoms with Gasteiger partial charge in [-0.05, 0) is 35.9 Å². The van der Waals surface area contributed by atoms with Crippen molar-refractivity contribution in [1.82, 2.24) is 5.32 Å². The Morgan fingerprint density at radius 1 is 1.14 bits per heavy atom. The van der Waals surface area contributed by atoms with Crippen LogP contribution in [-0.2, 0) is 11.3 Å². The Kier molecular flexibility index (Phi) is 4.48. The zero-order chi connectivity index (χ0) is 15.4. The minimum atomic E-state index is -0.0716. The van der Waals surface area contributed by atoms with Crippen LogP contribution in [0.25, 0.3) is 0 Å². The van der Waals surface area contributed by atoms with Crippen molar-refractivity contribution in [3.8, 4) is 11.5 Å². The fraction of sp³-hybridized carbons (Fsp3) is 0.188. The van der Waals surface area contributed by atoms with Crippen LogP contribution < -0.4 is 20.1 Å². The van der Waals surface area contributed by atoms with E-state index in [1.165, 1.54) is 0 Å². The van der Waals surface area contributed by atoms with Gasteiger partial charge in [-0.15, -0.1) is 0 Å². The van der Waals surface area contributed by atoms with Crippen LogP contribution in [0.2, 0.25) is 0 Å². The number of hydrogen-bond donors (Lipinski definition) is 2. The van der Waals surface area contributed by atoms with Crippen LogP contribution in [0, 0.1) is 0 Å². The number of amides is 1. The quantitative estimate of drug-likeness (QED) is 0.858. The van der Waals surface area contributed by atoms with Gasteiger partial charge in [0.05, 0.1) is 6.54 Å². The van der Waals surface area contributed by atoms with E-state index < -0.39 is 0 Å². The van der Waals surface area contributed by atoms with Crippen LogP contribution in [0.3, 0.4) is 0 Å². The Hall–Kier alpha value is -2.21. The van der Waals surface area contributed by atoms with Gasteiger partial charge in [0, 0.05) is 16.7 Å². The molecule has 114 valence electrons. The average molecular weight is 363 g/mol. The maximum Gasteiger partial charge on any atom is 0.239 e. The molecule has 0 aliphatic carbocycles. The largest absolute Gasteiger partial charge is 0.454 e. The summed E-state index contributed by atoms with van der Waals surface area (Å²) in [6.07, 6.45) is 0. The van der Waals surface area contributed by atoms with Crippen molar-refractivity contribution in [2.45, 2.75) is 6.54 Å². The second-order valence-corrected chi connectivity index (χ2v) is 5.74. The molecule has 6 heteroatoms. The number of anilines is 1. The number of benzene rings is 2. The van der Waals surface area contributed by atoms with Crippen molar-refractivity contribution in [3.63, 3.8) is 0 Å². The topological polar surface area (TPSA) is 59.6 Å². The summed E-state index contributed by atoms with van der Waals surface area (Å²) in [5.74, 6) is 1.39. The summed E-state index contributed by atoms with van der Waals surface area (Å²) in [7, 11) is 0. The molecular formula is C16H15BrN2O3. The summed E-state index contributed by atoms with van der Waals surface area (Å²) < 4.78 is 11.5. The van der Waals surface area contributed by atoms with Gasteiger partial charge in [-0.2, -0.15) is 0 Å². The Balaban J connectivity index is 1.48. The fourth-order valence-corrected chi connectivity index (χ4v) is 2.49. The maximum atomic E-state index is 11.9. The van der Waals surface area contributed by atoms with E-state index in [9.17, 15) is 4.79 Å². The third kappa shape index (κ3) is 3.71. The fourth-order valence-electron chi connectivity index (χ4n) is 2.09. The third-order valence-electron chi connectivity index (χ3n) is 3.20. The first-order chi connectivity index (χ1) is 10.7. The van der Waals surface area contributed by atoms with Gasteiger partial charge in [-0.25, -0.2) is 0 Å². The Labute approximate surface area is 136 Å². The Morgan fingerprint density at radius 3 is 2.86 bits per heavy atom. The minimum absolute atomic E-state index is 0.0716. The van der Waals surface area contributed by atoms with Gasteiger partial charge in [-0.1, -0.05) is 28.1 Å². The molecule has 0 saturated heterocycles. The van der Waals surface area contributed by atoms with E-state index in [2.05, 4.69) is 26.6 Å². The van der Waals surface area contributed by atoms with Crippen molar-refractivity contribution >= 4 is 27.5 Å². The lowest BCUT2D eigenvalue weighted by atomic mass is 10.2. The molecule has 0 radical (unpaired) electrons. The summed E-state index contributed by atoms with van der Waals surface area (Å²) in [6.45, 7) is 0.929. The Morgan fingerprint density at radius 2 is 2.00 bits per heavy atom. The van der Waals surface area contributed by atoms with Gasteiger partial charge in [0.25, 0.3) is 0 Å². The number of ether oxygens (including phenoxy) is 2. The molecule has 0 saturated carbocycles. The third-order valence-corrected chi connectivity index (χ3v) is 3.70. The van der Waals surface area contributed by atoms with Crippen LogP contribution >= 0.6 is 15.9 Å². The standard InChI is InChI=1S/C16H15BrN2O3/c17-12-2-1-3-13(7-12)18-9-16(20)19-8-11-4-5-14-15(6-11)22-10-21-14/h1-7,18H,8-10H2,(H,19,20). The lowest BCUT2D eigenvalue weighted by Crippen LogP contribution is -2.29. The number of hydrogen-bond acceptors (Lipinski definition) is 4. The molecule has 0 atom stereocenters. The number of fused-ring (bicyclic) bond motifs is 1. The lowest BCUT2D eigenvalue weighted by molar-refractivity contribution is -0.119. The second kappa shape index (κ2) is 6.70. The van der Waals surface area contributed by atoms with E-state index in [4.69, 9.17) is 9.47 Å². The van der Waals surface area contributed by atoms with E-state index in [0.29, 0.717) is 6.54 Å². The van der Waals surface area contributed by atoms with Crippen molar-refractivity contribution in [2.24, 2.45) is 0 Å². The SMILES string of the molecule is O=C(CNc1cccc(Br)c1)NCc1ccc2c(c1)OCO2. The average Bonchev–Trinajstić information content (AvgIpc) is 2.98. The molecule has 1 amide bonds. The van der Waals surface area contributed by atoms with Gasteiger partial charge in [0.1, 0.15) is 0 Å². The van der Waals surface area contributed by atoms with Crippen molar-refractivity contribution in [3.05, 3.63) is 52.5 Å². The number of halogens is 1. The summed E-state index contributed by atoms with van der Waals surface area (Å²) >= 11 is 3.39. The molecule has 1 aliphatic rings. The van der Waals surface area contributed by atoms with Crippen molar-refractivity contribution in [1.29, 1.82) is 0 Å². The van der Waals surface area contributed by atoms with E-state index >= 15 is 0 Å². The Bertz CT molecular complexity index is 691. The van der Waals surface area contributed by atoms with E-state index in [1.807, 2.05) is 42.5 Å². The van der Waals surface area contributed by atoms with Gasteiger partial charge < -0.3 is 20.1 Å². The molecule has 1 aliphatic heterocycles. The van der Waals surface area contributed by atoms with E-state index in [1.54, 1.807) is 0 Å². The van der Waals surface area contributed by atoms with Crippen molar-refractivity contribution in [2.75, 3.05) is 18.7 Å². The first-order valence-electron chi connectivity index (χ1n) is 6.85. The molecule has 2 N–H and O–H groups in total. The summed E-state index contributed by atoms with van der Waals surface area (Å²) in [5, 5.41) is 5.94. The highest BCUT2D eigenvalue weighted by atomic mass is 79.9. The van der Waals surface area contributed by atoms with Gasteiger partial charge in [0.15, 0.2) is 11.5 Å². The molecule has 0 fully saturated rings. The first-order valence-corrected chi connectivity index (χ1v) is 7.65. The molecule has 0 spiro atoms. The second-order valence-electron chi connectivity index (χ2n) is 4.83. The number of carbonyl (C=O) groups excluding carboxylic acids is 1. The van der Waals surface area contributed by atoms with Crippen LogP contribution in [0.1, 0.15) is 5.56 Å². The van der Waals surface area contributed by atoms with Gasteiger partial charge in [-0.3, -0.25) is 4.79 Å². The maximum absolute atomic E-state index is 11.9. The first kappa shape index (κ1) is 14.7. The van der Waals surface area contributed by atoms with Gasteiger partial charge in [0.2, 0.25) is 12.7 Å². The van der Waals surface area contributed by atoms with E-state index in [-0.39, 0.29) is 19.2 Å². The number of carbonyl (C=O) groups is 1. The van der Waals surface area contributed by atoms with E-state index in [0.717, 1.165) is 27.2 Å². The number of rotatable bonds is 5. The molecule has 2 aromatic rings. The summed E-state index contributed by atoms with van der Waals surface area (Å²) in [6, 6.07) is 13.3. The smallest absolute Gasteiger partial charge is 0.239 e.